The fourth-order valence-corrected chi connectivity index (χ4v) is 7.21. The van der Waals surface area contributed by atoms with Crippen LogP contribution in [0.5, 0.6) is 0 Å². The van der Waals surface area contributed by atoms with Crippen LogP contribution in [0.1, 0.15) is 50.2 Å². The van der Waals surface area contributed by atoms with E-state index in [2.05, 4.69) is 5.32 Å². The highest BCUT2D eigenvalue weighted by Crippen LogP contribution is 2.39. The molecule has 1 unspecified atom stereocenters. The number of benzene rings is 4. The number of urea groups is 1. The van der Waals surface area contributed by atoms with Gasteiger partial charge in [-0.15, -0.1) is 0 Å². The van der Waals surface area contributed by atoms with Crippen LogP contribution in [0.15, 0.2) is 78.9 Å². The first-order valence-electron chi connectivity index (χ1n) is 15.6. The molecular weight excluding hydrogens is 703 g/mol. The number of aliphatic carboxylic acids is 1. The zero-order valence-electron chi connectivity index (χ0n) is 27.0. The normalized spacial score (nSPS) is 17.3. The number of carbonyl (C=O) groups excluding carboxylic acids is 4. The average molecular weight is 734 g/mol. The van der Waals surface area contributed by atoms with Crippen LogP contribution in [0, 0.1) is 19.3 Å². The second-order valence-corrected chi connectivity index (χ2v) is 14.0. The Morgan fingerprint density at radius 2 is 1.48 bits per heavy atom. The number of carboxylic acids is 1. The van der Waals surface area contributed by atoms with E-state index in [1.165, 1.54) is 21.9 Å². The monoisotopic (exact) mass is 732 g/mol. The maximum absolute atomic E-state index is 13.9. The minimum atomic E-state index is -1.20. The van der Waals surface area contributed by atoms with E-state index in [4.69, 9.17) is 34.8 Å². The van der Waals surface area contributed by atoms with Gasteiger partial charge in [0, 0.05) is 57.9 Å². The Kier molecular flexibility index (Phi) is 9.63. The van der Waals surface area contributed by atoms with Crippen LogP contribution in [0.4, 0.5) is 21.9 Å². The van der Waals surface area contributed by atoms with Crippen molar-refractivity contribution >= 4 is 81.6 Å². The summed E-state index contributed by atoms with van der Waals surface area (Å²) in [6.07, 6.45) is -0.637. The molecule has 2 heterocycles. The maximum Gasteiger partial charge on any atom is 0.324 e. The van der Waals surface area contributed by atoms with Crippen molar-refractivity contribution in [3.05, 3.63) is 122 Å². The van der Waals surface area contributed by atoms with E-state index in [-0.39, 0.29) is 43.2 Å². The van der Waals surface area contributed by atoms with Gasteiger partial charge in [0.15, 0.2) is 0 Å². The van der Waals surface area contributed by atoms with Gasteiger partial charge in [-0.1, -0.05) is 58.6 Å². The Morgan fingerprint density at radius 3 is 2.16 bits per heavy atom. The molecule has 5 amide bonds. The van der Waals surface area contributed by atoms with Crippen molar-refractivity contribution in [3.63, 3.8) is 0 Å². The first kappa shape index (κ1) is 34.9. The number of fused-ring (bicyclic) bond motifs is 1. The van der Waals surface area contributed by atoms with Crippen LogP contribution in [-0.4, -0.2) is 52.8 Å². The molecule has 2 N–H and O–H groups in total. The van der Waals surface area contributed by atoms with Gasteiger partial charge in [0.2, 0.25) is 5.91 Å². The van der Waals surface area contributed by atoms with Crippen molar-refractivity contribution in [1.82, 2.24) is 4.90 Å². The third kappa shape index (κ3) is 7.05. The molecule has 1 fully saturated rings. The second kappa shape index (κ2) is 13.8. The Hall–Kier alpha value is -4.90. The van der Waals surface area contributed by atoms with Crippen molar-refractivity contribution < 1.29 is 29.1 Å². The number of amides is 5. The molecule has 0 aliphatic carbocycles. The third-order valence-electron chi connectivity index (χ3n) is 8.88. The largest absolute Gasteiger partial charge is 0.481 e. The van der Waals surface area contributed by atoms with Gasteiger partial charge in [-0.2, -0.15) is 0 Å². The van der Waals surface area contributed by atoms with Gasteiger partial charge in [-0.05, 0) is 85.6 Å². The zero-order chi connectivity index (χ0) is 35.9. The molecule has 1 saturated heterocycles. The fourth-order valence-electron chi connectivity index (χ4n) is 6.57. The standard InChI is InChI=1S/C37H31Cl3N4O6/c1-21-3-9-27(10-4-21)43-20-37(17-33(46)47,19-42(36(43)50)18-23-5-6-25(39)15-30(23)40)16-32(45)41-26-8-12-31(22(2)13-26)44-34(48)28-11-7-24(38)14-29(28)35(44)49/h3-15H,16-20H2,1-2H3,(H,41,45)(H,46,47). The predicted octanol–water partition coefficient (Wildman–Crippen LogP) is 8.00. The Balaban J connectivity index is 1.27. The van der Waals surface area contributed by atoms with Crippen LogP contribution in [-0.2, 0) is 16.1 Å². The number of imide groups is 1. The molecule has 6 rings (SSSR count). The molecule has 4 aromatic rings. The highest BCUT2D eigenvalue weighted by molar-refractivity contribution is 6.37. The lowest BCUT2D eigenvalue weighted by atomic mass is 9.78. The second-order valence-electron chi connectivity index (χ2n) is 12.7. The van der Waals surface area contributed by atoms with E-state index in [9.17, 15) is 29.1 Å². The number of nitrogens with one attached hydrogen (secondary N) is 1. The summed E-state index contributed by atoms with van der Waals surface area (Å²) in [6, 6.07) is 21.1. The molecule has 50 heavy (non-hydrogen) atoms. The van der Waals surface area contributed by atoms with Crippen molar-refractivity contribution in [1.29, 1.82) is 0 Å². The molecule has 0 bridgehead atoms. The van der Waals surface area contributed by atoms with E-state index in [0.29, 0.717) is 43.3 Å². The summed E-state index contributed by atoms with van der Waals surface area (Å²) in [4.78, 5) is 70.4. The van der Waals surface area contributed by atoms with E-state index in [1.807, 2.05) is 19.1 Å². The zero-order valence-corrected chi connectivity index (χ0v) is 29.3. The minimum absolute atomic E-state index is 0.0266. The lowest BCUT2D eigenvalue weighted by Gasteiger charge is -2.47. The summed E-state index contributed by atoms with van der Waals surface area (Å²) in [5.41, 5.74) is 2.68. The molecule has 2 aliphatic rings. The summed E-state index contributed by atoms with van der Waals surface area (Å²) in [6.45, 7) is 3.62. The van der Waals surface area contributed by atoms with Crippen molar-refractivity contribution in [3.8, 4) is 0 Å². The van der Waals surface area contributed by atoms with Crippen LogP contribution in [0.3, 0.4) is 0 Å². The van der Waals surface area contributed by atoms with E-state index >= 15 is 0 Å². The number of carboxylic acid groups (broad SMARTS) is 1. The summed E-state index contributed by atoms with van der Waals surface area (Å²) < 4.78 is 0. The van der Waals surface area contributed by atoms with Crippen LogP contribution < -0.4 is 15.1 Å². The van der Waals surface area contributed by atoms with Gasteiger partial charge in [0.05, 0.1) is 23.2 Å². The molecule has 256 valence electrons. The van der Waals surface area contributed by atoms with Gasteiger partial charge >= 0.3 is 12.0 Å². The molecule has 0 spiro atoms. The summed E-state index contributed by atoms with van der Waals surface area (Å²) in [5.74, 6) is -2.58. The molecule has 0 saturated carbocycles. The van der Waals surface area contributed by atoms with Crippen molar-refractivity contribution in [2.24, 2.45) is 5.41 Å². The number of halogens is 3. The molecule has 1 atom stereocenters. The van der Waals surface area contributed by atoms with Gasteiger partial charge < -0.3 is 15.3 Å². The lowest BCUT2D eigenvalue weighted by Crippen LogP contribution is -2.59. The molecule has 4 aromatic carbocycles. The highest BCUT2D eigenvalue weighted by Gasteiger charge is 2.46. The first-order valence-corrected chi connectivity index (χ1v) is 16.7. The quantitative estimate of drug-likeness (QED) is 0.168. The van der Waals surface area contributed by atoms with Gasteiger partial charge in [0.1, 0.15) is 0 Å². The number of aryl methyl sites for hydroxylation is 2. The molecule has 2 aliphatic heterocycles. The predicted molar refractivity (Wildman–Crippen MR) is 192 cm³/mol. The summed E-state index contributed by atoms with van der Waals surface area (Å²) in [5, 5.41) is 14.0. The smallest absolute Gasteiger partial charge is 0.324 e. The summed E-state index contributed by atoms with van der Waals surface area (Å²) >= 11 is 18.6. The van der Waals surface area contributed by atoms with Crippen molar-refractivity contribution in [2.45, 2.75) is 33.2 Å². The number of carbonyl (C=O) groups is 5. The highest BCUT2D eigenvalue weighted by atomic mass is 35.5. The SMILES string of the molecule is Cc1ccc(N2CC(CC(=O)O)(CC(=O)Nc3ccc(N4C(=O)c5ccc(Cl)cc5C4=O)c(C)c3)CN(Cc3ccc(Cl)cc3Cl)C2=O)cc1. The van der Waals surface area contributed by atoms with Crippen LogP contribution in [0.25, 0.3) is 0 Å². The van der Waals surface area contributed by atoms with E-state index in [0.717, 1.165) is 10.5 Å². The number of hydrogen-bond donors (Lipinski definition) is 2. The first-order chi connectivity index (χ1) is 23.7. The number of nitrogens with zero attached hydrogens (tertiary/aromatic N) is 3. The Labute approximate surface area is 303 Å². The molecule has 0 radical (unpaired) electrons. The third-order valence-corrected chi connectivity index (χ3v) is 9.70. The Bertz CT molecular complexity index is 2070. The maximum atomic E-state index is 13.9. The molecule has 10 nitrogen and oxygen atoms in total. The van der Waals surface area contributed by atoms with Gasteiger partial charge in [0.25, 0.3) is 11.8 Å². The minimum Gasteiger partial charge on any atom is -0.481 e. The number of hydrogen-bond acceptors (Lipinski definition) is 5. The van der Waals surface area contributed by atoms with Crippen LogP contribution >= 0.6 is 34.8 Å². The van der Waals surface area contributed by atoms with E-state index in [1.54, 1.807) is 61.5 Å². The van der Waals surface area contributed by atoms with Gasteiger partial charge in [-0.3, -0.25) is 24.1 Å². The Morgan fingerprint density at radius 1 is 0.800 bits per heavy atom. The number of anilines is 3. The van der Waals surface area contributed by atoms with Crippen LogP contribution in [0.2, 0.25) is 15.1 Å². The van der Waals surface area contributed by atoms with E-state index < -0.39 is 35.5 Å². The van der Waals surface area contributed by atoms with Gasteiger partial charge in [-0.25, -0.2) is 9.69 Å². The fraction of sp³-hybridized carbons (Fsp3) is 0.216. The molecule has 0 aromatic heterocycles. The topological polar surface area (TPSA) is 127 Å². The lowest BCUT2D eigenvalue weighted by molar-refractivity contribution is -0.140. The average Bonchev–Trinajstić information content (AvgIpc) is 3.28. The number of rotatable bonds is 9. The summed E-state index contributed by atoms with van der Waals surface area (Å²) in [7, 11) is 0. The molecule has 13 heteroatoms. The molecular formula is C37H31Cl3N4O6. The van der Waals surface area contributed by atoms with Crippen molar-refractivity contribution in [2.75, 3.05) is 28.2 Å².